The molecule has 0 aliphatic carbocycles. The third-order valence-electron chi connectivity index (χ3n) is 1.23. The highest BCUT2D eigenvalue weighted by atomic mass is 35.5. The zero-order valence-electron chi connectivity index (χ0n) is 7.20. The molecule has 1 aromatic heterocycles. The van der Waals surface area contributed by atoms with Gasteiger partial charge in [0.05, 0.1) is 12.0 Å². The summed E-state index contributed by atoms with van der Waals surface area (Å²) in [6.07, 6.45) is 3.07. The van der Waals surface area contributed by atoms with Gasteiger partial charge in [-0.15, -0.1) is 0 Å². The molecule has 1 rings (SSSR count). The molecule has 0 fully saturated rings. The Bertz CT molecular complexity index is 346. The van der Waals surface area contributed by atoms with E-state index >= 15 is 0 Å². The Balaban J connectivity index is 2.88. The molecule has 1 aromatic rings. The van der Waals surface area contributed by atoms with E-state index in [1.807, 2.05) is 0 Å². The van der Waals surface area contributed by atoms with Crippen LogP contribution in [0.15, 0.2) is 6.08 Å². The molecule has 5 heteroatoms. The van der Waals surface area contributed by atoms with Gasteiger partial charge in [-0.25, -0.2) is 0 Å². The maximum Gasteiger partial charge on any atom is 0.274 e. The van der Waals surface area contributed by atoms with Crippen molar-refractivity contribution in [3.05, 3.63) is 16.1 Å². The summed E-state index contributed by atoms with van der Waals surface area (Å²) in [6, 6.07) is 0. The van der Waals surface area contributed by atoms with Gasteiger partial charge in [0.15, 0.2) is 10.9 Å². The zero-order chi connectivity index (χ0) is 9.84. The molecule has 70 valence electrons. The predicted octanol–water partition coefficient (Wildman–Crippen LogP) is 2.41. The summed E-state index contributed by atoms with van der Waals surface area (Å²) in [5.41, 5.74) is 0. The van der Waals surface area contributed by atoms with Gasteiger partial charge >= 0.3 is 0 Å². The molecule has 0 amide bonds. The highest BCUT2D eigenvalue weighted by Crippen LogP contribution is 2.29. The monoisotopic (exact) mass is 217 g/mol. The van der Waals surface area contributed by atoms with Crippen LogP contribution >= 0.6 is 22.9 Å². The fourth-order valence-electron chi connectivity index (χ4n) is 0.677. The third kappa shape index (κ3) is 2.82. The number of carbonyl (C=O) groups is 1. The molecule has 0 aliphatic heterocycles. The van der Waals surface area contributed by atoms with Crippen LogP contribution in [-0.2, 0) is 4.79 Å². The first-order valence-electron chi connectivity index (χ1n) is 3.52. The third-order valence-corrected chi connectivity index (χ3v) is 2.62. The number of methoxy groups -OCH3 is 1. The van der Waals surface area contributed by atoms with Crippen molar-refractivity contribution >= 4 is 34.8 Å². The summed E-state index contributed by atoms with van der Waals surface area (Å²) in [5.74, 6) is -0.0246. The van der Waals surface area contributed by atoms with Gasteiger partial charge in [-0.3, -0.25) is 4.79 Å². The van der Waals surface area contributed by atoms with Crippen LogP contribution in [0.25, 0.3) is 6.08 Å². The minimum Gasteiger partial charge on any atom is -0.473 e. The summed E-state index contributed by atoms with van der Waals surface area (Å²) in [7, 11) is 1.52. The first kappa shape index (κ1) is 10.2. The average Bonchev–Trinajstić information content (AvgIpc) is 2.43. The highest BCUT2D eigenvalue weighted by Gasteiger charge is 2.06. The Morgan fingerprint density at radius 2 is 2.38 bits per heavy atom. The topological polar surface area (TPSA) is 39.2 Å². The quantitative estimate of drug-likeness (QED) is 0.730. The molecule has 0 aliphatic rings. The molecule has 0 saturated heterocycles. The molecule has 13 heavy (non-hydrogen) atoms. The van der Waals surface area contributed by atoms with Crippen LogP contribution in [0.1, 0.15) is 11.8 Å². The first-order chi connectivity index (χ1) is 6.13. The molecule has 0 atom stereocenters. The van der Waals surface area contributed by atoms with Gasteiger partial charge in [-0.05, 0) is 19.1 Å². The molecule has 0 bridgehead atoms. The van der Waals surface area contributed by atoms with Gasteiger partial charge in [-0.1, -0.05) is 22.9 Å². The fraction of sp³-hybridized carbons (Fsp3) is 0.250. The average molecular weight is 218 g/mol. The van der Waals surface area contributed by atoms with E-state index in [0.29, 0.717) is 10.3 Å². The Hall–Kier alpha value is -0.870. The van der Waals surface area contributed by atoms with Gasteiger partial charge in [0, 0.05) is 0 Å². The Kier molecular flexibility index (Phi) is 3.45. The van der Waals surface area contributed by atoms with Crippen LogP contribution < -0.4 is 4.74 Å². The van der Waals surface area contributed by atoms with E-state index in [4.69, 9.17) is 16.3 Å². The number of halogens is 1. The smallest absolute Gasteiger partial charge is 0.274 e. The van der Waals surface area contributed by atoms with E-state index in [2.05, 4.69) is 4.98 Å². The molecular weight excluding hydrogens is 210 g/mol. The number of carbonyl (C=O) groups excluding carboxylic acids is 1. The van der Waals surface area contributed by atoms with E-state index in [1.165, 1.54) is 31.4 Å². The molecule has 1 heterocycles. The second-order valence-corrected chi connectivity index (χ2v) is 3.63. The summed E-state index contributed by atoms with van der Waals surface area (Å²) in [5, 5.41) is 0.854. The zero-order valence-corrected chi connectivity index (χ0v) is 8.78. The Morgan fingerprint density at radius 3 is 2.85 bits per heavy atom. The number of ether oxygens (including phenoxy) is 1. The van der Waals surface area contributed by atoms with Crippen molar-refractivity contribution < 1.29 is 9.53 Å². The van der Waals surface area contributed by atoms with Crippen molar-refractivity contribution in [1.82, 2.24) is 4.98 Å². The minimum atomic E-state index is -0.0246. The van der Waals surface area contributed by atoms with E-state index in [0.717, 1.165) is 4.88 Å². The molecule has 0 unspecified atom stereocenters. The number of aromatic nitrogens is 1. The fourth-order valence-corrected chi connectivity index (χ4v) is 1.66. The molecule has 0 radical (unpaired) electrons. The molecule has 3 nitrogen and oxygen atoms in total. The first-order valence-corrected chi connectivity index (χ1v) is 4.72. The van der Waals surface area contributed by atoms with Crippen LogP contribution in [0.4, 0.5) is 0 Å². The number of rotatable bonds is 3. The molecule has 0 spiro atoms. The van der Waals surface area contributed by atoms with Crippen molar-refractivity contribution in [3.8, 4) is 5.19 Å². The lowest BCUT2D eigenvalue weighted by Gasteiger charge is -1.85. The van der Waals surface area contributed by atoms with E-state index in [1.54, 1.807) is 6.08 Å². The maximum absolute atomic E-state index is 10.6. The second-order valence-electron chi connectivity index (χ2n) is 2.28. The van der Waals surface area contributed by atoms with Gasteiger partial charge < -0.3 is 4.74 Å². The van der Waals surface area contributed by atoms with Crippen molar-refractivity contribution in [2.24, 2.45) is 0 Å². The van der Waals surface area contributed by atoms with E-state index in [-0.39, 0.29) is 5.78 Å². The summed E-state index contributed by atoms with van der Waals surface area (Å²) < 4.78 is 4.89. The normalized spacial score (nSPS) is 10.7. The summed E-state index contributed by atoms with van der Waals surface area (Å²) in [4.78, 5) is 15.3. The number of hydrogen-bond acceptors (Lipinski definition) is 4. The van der Waals surface area contributed by atoms with Crippen molar-refractivity contribution in [2.75, 3.05) is 7.11 Å². The molecule has 0 N–H and O–H groups in total. The lowest BCUT2D eigenvalue weighted by atomic mass is 10.4. The van der Waals surface area contributed by atoms with E-state index in [9.17, 15) is 4.79 Å². The number of ketones is 1. The van der Waals surface area contributed by atoms with Crippen LogP contribution in [-0.4, -0.2) is 17.9 Å². The number of thiazole rings is 1. The van der Waals surface area contributed by atoms with Crippen molar-refractivity contribution in [1.29, 1.82) is 0 Å². The number of hydrogen-bond donors (Lipinski definition) is 0. The van der Waals surface area contributed by atoms with Crippen molar-refractivity contribution in [3.63, 3.8) is 0 Å². The number of allylic oxidation sites excluding steroid dienone is 1. The van der Waals surface area contributed by atoms with Crippen LogP contribution in [0.3, 0.4) is 0 Å². The molecular formula is C8H8ClNO2S. The Labute approximate surface area is 85.0 Å². The molecule has 0 aromatic carbocycles. The van der Waals surface area contributed by atoms with Gasteiger partial charge in [0.1, 0.15) is 0 Å². The standard InChI is InChI=1S/C8H8ClNO2S/c1-5(11)3-4-6-7(9)10-8(12-2)13-6/h3-4H,1-2H3/b4-3+. The van der Waals surface area contributed by atoms with Gasteiger partial charge in [0.2, 0.25) is 0 Å². The van der Waals surface area contributed by atoms with Crippen LogP contribution in [0.5, 0.6) is 5.19 Å². The number of nitrogens with zero attached hydrogens (tertiary/aromatic N) is 1. The van der Waals surface area contributed by atoms with E-state index < -0.39 is 0 Å². The van der Waals surface area contributed by atoms with Gasteiger partial charge in [0.25, 0.3) is 5.19 Å². The maximum atomic E-state index is 10.6. The SMILES string of the molecule is COc1nc(Cl)c(/C=C/C(C)=O)s1. The minimum absolute atomic E-state index is 0.0246. The van der Waals surface area contributed by atoms with Crippen LogP contribution in [0.2, 0.25) is 5.15 Å². The highest BCUT2D eigenvalue weighted by molar-refractivity contribution is 7.14. The largest absolute Gasteiger partial charge is 0.473 e. The predicted molar refractivity (Wildman–Crippen MR) is 53.4 cm³/mol. The lowest BCUT2D eigenvalue weighted by Crippen LogP contribution is -1.78. The lowest BCUT2D eigenvalue weighted by molar-refractivity contribution is -0.112. The summed E-state index contributed by atoms with van der Waals surface area (Å²) >= 11 is 7.06. The Morgan fingerprint density at radius 1 is 1.69 bits per heavy atom. The van der Waals surface area contributed by atoms with Gasteiger partial charge in [-0.2, -0.15) is 4.98 Å². The van der Waals surface area contributed by atoms with Crippen LogP contribution in [0, 0.1) is 0 Å². The van der Waals surface area contributed by atoms with Crippen molar-refractivity contribution in [2.45, 2.75) is 6.92 Å². The second kappa shape index (κ2) is 4.39. The summed E-state index contributed by atoms with van der Waals surface area (Å²) in [6.45, 7) is 1.47. The molecule has 0 saturated carbocycles.